The number of hydrogen-bond donors (Lipinski definition) is 0. The molecule has 2 aliphatic heterocycles. The van der Waals surface area contributed by atoms with E-state index < -0.39 is 0 Å². The molecule has 0 bridgehead atoms. The number of likely N-dealkylation sites (tertiary alicyclic amines) is 2. The Bertz CT molecular complexity index is 199. The molecule has 1 radical (unpaired) electrons. The van der Waals surface area contributed by atoms with E-state index in [-0.39, 0.29) is 5.91 Å². The Balaban J connectivity index is 1.84. The summed E-state index contributed by atoms with van der Waals surface area (Å²) in [6.45, 7) is 3.45. The van der Waals surface area contributed by atoms with E-state index in [2.05, 4.69) is 11.9 Å². The van der Waals surface area contributed by atoms with Crippen LogP contribution in [0.5, 0.6) is 0 Å². The molecular formula is C10H17N2O. The highest BCUT2D eigenvalue weighted by molar-refractivity contribution is 5.78. The van der Waals surface area contributed by atoms with E-state index >= 15 is 0 Å². The molecule has 0 aromatic carbocycles. The number of nitrogens with zero attached hydrogens (tertiary/aromatic N) is 2. The highest BCUT2D eigenvalue weighted by Crippen LogP contribution is 2.20. The molecule has 2 fully saturated rings. The SMILES string of the molecule is [CH2]N1C(=O)CC[C@H]1CN1CCCC1. The van der Waals surface area contributed by atoms with E-state index in [1.54, 1.807) is 4.90 Å². The van der Waals surface area contributed by atoms with Crippen LogP contribution in [0.3, 0.4) is 0 Å². The van der Waals surface area contributed by atoms with Crippen molar-refractivity contribution < 1.29 is 4.79 Å². The molecule has 2 saturated heterocycles. The number of amides is 1. The van der Waals surface area contributed by atoms with Gasteiger partial charge < -0.3 is 9.80 Å². The Morgan fingerprint density at radius 2 is 2.08 bits per heavy atom. The number of carbonyl (C=O) groups is 1. The highest BCUT2D eigenvalue weighted by Gasteiger charge is 2.29. The topological polar surface area (TPSA) is 23.6 Å². The summed E-state index contributed by atoms with van der Waals surface area (Å²) in [6, 6.07) is 0.380. The third kappa shape index (κ3) is 1.85. The molecule has 2 heterocycles. The summed E-state index contributed by atoms with van der Waals surface area (Å²) in [7, 11) is 3.80. The zero-order valence-electron chi connectivity index (χ0n) is 8.04. The maximum absolute atomic E-state index is 11.2. The minimum atomic E-state index is 0.212. The molecule has 73 valence electrons. The van der Waals surface area contributed by atoms with Gasteiger partial charge in [-0.3, -0.25) is 4.79 Å². The lowest BCUT2D eigenvalue weighted by Gasteiger charge is -2.24. The molecule has 0 spiro atoms. The van der Waals surface area contributed by atoms with Gasteiger partial charge in [-0.25, -0.2) is 0 Å². The van der Waals surface area contributed by atoms with E-state index in [1.807, 2.05) is 0 Å². The molecule has 2 aliphatic rings. The molecule has 2 rings (SSSR count). The molecule has 3 heteroatoms. The maximum Gasteiger partial charge on any atom is 0.223 e. The molecule has 13 heavy (non-hydrogen) atoms. The van der Waals surface area contributed by atoms with Crippen LogP contribution in [0.25, 0.3) is 0 Å². The predicted molar refractivity (Wildman–Crippen MR) is 50.9 cm³/mol. The lowest BCUT2D eigenvalue weighted by Crippen LogP contribution is -2.37. The minimum Gasteiger partial charge on any atom is -0.337 e. The van der Waals surface area contributed by atoms with Gasteiger partial charge in [0.25, 0.3) is 0 Å². The van der Waals surface area contributed by atoms with Crippen molar-refractivity contribution in [2.24, 2.45) is 0 Å². The average molecular weight is 181 g/mol. The zero-order chi connectivity index (χ0) is 9.26. The van der Waals surface area contributed by atoms with Crippen LogP contribution in [0.2, 0.25) is 0 Å². The van der Waals surface area contributed by atoms with Crippen molar-refractivity contribution in [3.63, 3.8) is 0 Å². The molecule has 0 unspecified atom stereocenters. The first-order valence-corrected chi connectivity index (χ1v) is 5.12. The number of hydrogen-bond acceptors (Lipinski definition) is 2. The largest absolute Gasteiger partial charge is 0.337 e. The quantitative estimate of drug-likeness (QED) is 0.631. The molecular weight excluding hydrogens is 164 g/mol. The third-order valence-electron chi connectivity index (χ3n) is 3.12. The van der Waals surface area contributed by atoms with E-state index in [1.165, 1.54) is 25.9 Å². The molecule has 0 aromatic heterocycles. The lowest BCUT2D eigenvalue weighted by atomic mass is 10.2. The van der Waals surface area contributed by atoms with Crippen LogP contribution in [-0.2, 0) is 4.79 Å². The second-order valence-corrected chi connectivity index (χ2v) is 4.06. The van der Waals surface area contributed by atoms with Gasteiger partial charge in [0, 0.05) is 26.1 Å². The summed E-state index contributed by atoms with van der Waals surface area (Å²) in [6.07, 6.45) is 4.33. The first-order chi connectivity index (χ1) is 6.27. The van der Waals surface area contributed by atoms with Crippen molar-refractivity contribution in [3.05, 3.63) is 7.05 Å². The molecule has 0 N–H and O–H groups in total. The molecule has 1 atom stereocenters. The van der Waals surface area contributed by atoms with Crippen LogP contribution in [0.1, 0.15) is 25.7 Å². The van der Waals surface area contributed by atoms with Crippen molar-refractivity contribution in [2.45, 2.75) is 31.7 Å². The highest BCUT2D eigenvalue weighted by atomic mass is 16.2. The van der Waals surface area contributed by atoms with Gasteiger partial charge in [-0.05, 0) is 32.4 Å². The van der Waals surface area contributed by atoms with Gasteiger partial charge in [0.1, 0.15) is 0 Å². The molecule has 0 aliphatic carbocycles. The molecule has 0 aromatic rings. The fraction of sp³-hybridized carbons (Fsp3) is 0.800. The Hall–Kier alpha value is -0.570. The fourth-order valence-corrected chi connectivity index (χ4v) is 2.25. The van der Waals surface area contributed by atoms with Crippen LogP contribution in [0.15, 0.2) is 0 Å². The van der Waals surface area contributed by atoms with Crippen LogP contribution in [0.4, 0.5) is 0 Å². The van der Waals surface area contributed by atoms with Crippen LogP contribution < -0.4 is 0 Å². The van der Waals surface area contributed by atoms with Crippen LogP contribution in [-0.4, -0.2) is 41.4 Å². The second kappa shape index (κ2) is 3.66. The normalized spacial score (nSPS) is 30.4. The summed E-state index contributed by atoms with van der Waals surface area (Å²) >= 11 is 0. The van der Waals surface area contributed by atoms with E-state index in [0.717, 1.165) is 13.0 Å². The smallest absolute Gasteiger partial charge is 0.223 e. The Morgan fingerprint density at radius 1 is 1.38 bits per heavy atom. The van der Waals surface area contributed by atoms with Gasteiger partial charge in [0.15, 0.2) is 0 Å². The molecule has 0 saturated carbocycles. The van der Waals surface area contributed by atoms with Crippen molar-refractivity contribution >= 4 is 5.91 Å². The third-order valence-corrected chi connectivity index (χ3v) is 3.12. The number of rotatable bonds is 2. The monoisotopic (exact) mass is 181 g/mol. The first kappa shape index (κ1) is 9.00. The Morgan fingerprint density at radius 3 is 2.62 bits per heavy atom. The Kier molecular flexibility index (Phi) is 2.54. The fourth-order valence-electron chi connectivity index (χ4n) is 2.25. The predicted octanol–water partition coefficient (Wildman–Crippen LogP) is 0.865. The van der Waals surface area contributed by atoms with Gasteiger partial charge in [-0.2, -0.15) is 0 Å². The summed E-state index contributed by atoms with van der Waals surface area (Å²) in [5.74, 6) is 0.212. The van der Waals surface area contributed by atoms with E-state index in [0.29, 0.717) is 12.5 Å². The minimum absolute atomic E-state index is 0.212. The average Bonchev–Trinajstić information content (AvgIpc) is 2.71. The summed E-state index contributed by atoms with van der Waals surface area (Å²) in [5, 5.41) is 0. The van der Waals surface area contributed by atoms with Crippen LogP contribution >= 0.6 is 0 Å². The maximum atomic E-state index is 11.2. The zero-order valence-corrected chi connectivity index (χ0v) is 8.04. The van der Waals surface area contributed by atoms with E-state index in [9.17, 15) is 4.79 Å². The van der Waals surface area contributed by atoms with Crippen molar-refractivity contribution in [2.75, 3.05) is 19.6 Å². The van der Waals surface area contributed by atoms with Crippen LogP contribution in [0, 0.1) is 7.05 Å². The Labute approximate surface area is 79.7 Å². The standard InChI is InChI=1S/C10H17N2O/c1-11-9(4-5-10(11)13)8-12-6-2-3-7-12/h9H,1-8H2/t9-/m0/s1. The van der Waals surface area contributed by atoms with Crippen molar-refractivity contribution in [1.82, 2.24) is 9.80 Å². The number of carbonyl (C=O) groups excluding carboxylic acids is 1. The van der Waals surface area contributed by atoms with Gasteiger partial charge in [0.2, 0.25) is 5.91 Å². The van der Waals surface area contributed by atoms with Gasteiger partial charge in [0.05, 0.1) is 0 Å². The molecule has 1 amide bonds. The van der Waals surface area contributed by atoms with Crippen molar-refractivity contribution in [3.8, 4) is 0 Å². The summed E-state index contributed by atoms with van der Waals surface area (Å²) in [4.78, 5) is 15.3. The summed E-state index contributed by atoms with van der Waals surface area (Å²) < 4.78 is 0. The van der Waals surface area contributed by atoms with Gasteiger partial charge >= 0.3 is 0 Å². The molecule has 3 nitrogen and oxygen atoms in total. The first-order valence-electron chi connectivity index (χ1n) is 5.12. The lowest BCUT2D eigenvalue weighted by molar-refractivity contribution is -0.126. The van der Waals surface area contributed by atoms with Crippen molar-refractivity contribution in [1.29, 1.82) is 0 Å². The van der Waals surface area contributed by atoms with Gasteiger partial charge in [-0.15, -0.1) is 0 Å². The summed E-state index contributed by atoms with van der Waals surface area (Å²) in [5.41, 5.74) is 0. The van der Waals surface area contributed by atoms with E-state index in [4.69, 9.17) is 0 Å². The van der Waals surface area contributed by atoms with Gasteiger partial charge in [-0.1, -0.05) is 0 Å². The second-order valence-electron chi connectivity index (χ2n) is 4.06.